The Morgan fingerprint density at radius 2 is 1.46 bits per heavy atom. The van der Waals surface area contributed by atoms with E-state index in [1.54, 1.807) is 6.20 Å². The van der Waals surface area contributed by atoms with Crippen molar-refractivity contribution in [2.45, 2.75) is 6.54 Å². The number of benzene rings is 2. The minimum absolute atomic E-state index is 0.910. The highest BCUT2D eigenvalue weighted by molar-refractivity contribution is 5.67. The molecule has 1 saturated heterocycles. The predicted octanol–water partition coefficient (Wildman–Crippen LogP) is 3.15. The van der Waals surface area contributed by atoms with Crippen LogP contribution in [0, 0.1) is 0 Å². The van der Waals surface area contributed by atoms with Gasteiger partial charge in [-0.3, -0.25) is 4.90 Å². The lowest BCUT2D eigenvalue weighted by Crippen LogP contribution is -2.42. The summed E-state index contributed by atoms with van der Waals surface area (Å²) in [5.74, 6) is 0.910. The van der Waals surface area contributed by atoms with E-state index >= 15 is 0 Å². The van der Waals surface area contributed by atoms with Gasteiger partial charge in [-0.2, -0.15) is 0 Å². The first-order valence-corrected chi connectivity index (χ1v) is 8.51. The molecule has 1 aliphatic heterocycles. The van der Waals surface area contributed by atoms with Crippen LogP contribution in [0.5, 0.6) is 0 Å². The zero-order valence-corrected chi connectivity index (χ0v) is 13.7. The molecule has 122 valence electrons. The zero-order chi connectivity index (χ0) is 16.2. The van der Waals surface area contributed by atoms with Crippen molar-refractivity contribution < 1.29 is 0 Å². The Bertz CT molecular complexity index is 754. The fourth-order valence-corrected chi connectivity index (χ4v) is 3.17. The molecule has 0 spiro atoms. The summed E-state index contributed by atoms with van der Waals surface area (Å²) in [4.78, 5) is 9.93. The molecule has 0 amide bonds. The first kappa shape index (κ1) is 15.1. The van der Waals surface area contributed by atoms with Gasteiger partial charge < -0.3 is 10.3 Å². The number of aromatic nitrogens is 2. The molecule has 2 heterocycles. The summed E-state index contributed by atoms with van der Waals surface area (Å²) in [6.45, 7) is 5.51. The molecule has 1 aromatic heterocycles. The van der Waals surface area contributed by atoms with Crippen molar-refractivity contribution in [3.8, 4) is 22.5 Å². The maximum absolute atomic E-state index is 4.29. The lowest BCUT2D eigenvalue weighted by Gasteiger charge is -2.27. The summed E-state index contributed by atoms with van der Waals surface area (Å²) in [7, 11) is 0. The molecule has 2 aromatic carbocycles. The van der Waals surface area contributed by atoms with Gasteiger partial charge in [0.1, 0.15) is 5.82 Å². The van der Waals surface area contributed by atoms with E-state index in [2.05, 4.69) is 68.7 Å². The Labute approximate surface area is 142 Å². The van der Waals surface area contributed by atoms with E-state index in [9.17, 15) is 0 Å². The number of H-pyrrole nitrogens is 1. The van der Waals surface area contributed by atoms with Crippen LogP contribution in [0.25, 0.3) is 22.5 Å². The topological polar surface area (TPSA) is 44.0 Å². The Balaban J connectivity index is 1.46. The van der Waals surface area contributed by atoms with Crippen molar-refractivity contribution in [2.24, 2.45) is 0 Å². The molecule has 0 unspecified atom stereocenters. The molecule has 24 heavy (non-hydrogen) atoms. The van der Waals surface area contributed by atoms with Gasteiger partial charge >= 0.3 is 0 Å². The second-order valence-corrected chi connectivity index (χ2v) is 6.24. The summed E-state index contributed by atoms with van der Waals surface area (Å²) >= 11 is 0. The molecular formula is C20H22N4. The second-order valence-electron chi connectivity index (χ2n) is 6.24. The third kappa shape index (κ3) is 3.40. The van der Waals surface area contributed by atoms with Crippen LogP contribution < -0.4 is 5.32 Å². The van der Waals surface area contributed by atoms with Gasteiger partial charge in [0.05, 0.1) is 0 Å². The van der Waals surface area contributed by atoms with Gasteiger partial charge in [-0.05, 0) is 16.7 Å². The van der Waals surface area contributed by atoms with E-state index in [0.717, 1.165) is 44.1 Å². The summed E-state index contributed by atoms with van der Waals surface area (Å²) in [6, 6.07) is 17.5. The van der Waals surface area contributed by atoms with Crippen LogP contribution in [0.1, 0.15) is 5.56 Å². The molecule has 0 aliphatic carbocycles. The largest absolute Gasteiger partial charge is 0.345 e. The molecule has 4 nitrogen and oxygen atoms in total. The zero-order valence-electron chi connectivity index (χ0n) is 13.7. The van der Waals surface area contributed by atoms with Crippen molar-refractivity contribution in [2.75, 3.05) is 26.2 Å². The van der Waals surface area contributed by atoms with Gasteiger partial charge in [0.25, 0.3) is 0 Å². The van der Waals surface area contributed by atoms with Gasteiger partial charge in [0.15, 0.2) is 0 Å². The van der Waals surface area contributed by atoms with Crippen LogP contribution >= 0.6 is 0 Å². The van der Waals surface area contributed by atoms with E-state index in [1.807, 2.05) is 6.20 Å². The maximum atomic E-state index is 4.29. The third-order valence-electron chi connectivity index (χ3n) is 4.56. The number of hydrogen-bond acceptors (Lipinski definition) is 3. The molecule has 0 bridgehead atoms. The minimum Gasteiger partial charge on any atom is -0.345 e. The van der Waals surface area contributed by atoms with Crippen molar-refractivity contribution in [3.63, 3.8) is 0 Å². The minimum atomic E-state index is 0.910. The first-order chi connectivity index (χ1) is 11.9. The quantitative estimate of drug-likeness (QED) is 0.777. The van der Waals surface area contributed by atoms with Crippen molar-refractivity contribution in [3.05, 3.63) is 66.5 Å². The smallest absolute Gasteiger partial charge is 0.137 e. The second kappa shape index (κ2) is 6.99. The summed E-state index contributed by atoms with van der Waals surface area (Å²) in [5.41, 5.74) is 4.98. The molecule has 0 radical (unpaired) electrons. The lowest BCUT2D eigenvalue weighted by atomic mass is 10.0. The van der Waals surface area contributed by atoms with Crippen LogP contribution in [-0.4, -0.2) is 41.0 Å². The van der Waals surface area contributed by atoms with Crippen LogP contribution in [0.4, 0.5) is 0 Å². The predicted molar refractivity (Wildman–Crippen MR) is 97.6 cm³/mol. The van der Waals surface area contributed by atoms with Crippen LogP contribution in [0.2, 0.25) is 0 Å². The van der Waals surface area contributed by atoms with Gasteiger partial charge in [-0.1, -0.05) is 48.5 Å². The van der Waals surface area contributed by atoms with E-state index in [1.165, 1.54) is 16.7 Å². The standard InChI is InChI=1S/C20H22N4/c1-3-17(4-2-16(1)15-24-13-11-21-12-14-24)18-5-7-19(8-6-18)20-22-9-10-23-20/h1-10,21H,11-15H2,(H,22,23). The number of aromatic amines is 1. The van der Waals surface area contributed by atoms with Crippen molar-refractivity contribution >= 4 is 0 Å². The Morgan fingerprint density at radius 1 is 0.833 bits per heavy atom. The average Bonchev–Trinajstić information content (AvgIpc) is 3.18. The van der Waals surface area contributed by atoms with Gasteiger partial charge in [0, 0.05) is 50.7 Å². The third-order valence-corrected chi connectivity index (χ3v) is 4.56. The molecule has 1 aliphatic rings. The number of hydrogen-bond donors (Lipinski definition) is 2. The maximum Gasteiger partial charge on any atom is 0.137 e. The number of rotatable bonds is 4. The first-order valence-electron chi connectivity index (χ1n) is 8.51. The van der Waals surface area contributed by atoms with E-state index < -0.39 is 0 Å². The fraction of sp³-hybridized carbons (Fsp3) is 0.250. The SMILES string of the molecule is c1c[nH]c(-c2ccc(-c3ccc(CN4CCNCC4)cc3)cc2)n1. The number of nitrogens with zero attached hydrogens (tertiary/aromatic N) is 2. The van der Waals surface area contributed by atoms with Crippen molar-refractivity contribution in [1.29, 1.82) is 0 Å². The van der Waals surface area contributed by atoms with E-state index in [0.29, 0.717) is 0 Å². The van der Waals surface area contributed by atoms with Gasteiger partial charge in [0.2, 0.25) is 0 Å². The van der Waals surface area contributed by atoms with E-state index in [-0.39, 0.29) is 0 Å². The molecule has 2 N–H and O–H groups in total. The highest BCUT2D eigenvalue weighted by atomic mass is 15.2. The lowest BCUT2D eigenvalue weighted by molar-refractivity contribution is 0.233. The highest BCUT2D eigenvalue weighted by Crippen LogP contribution is 2.23. The summed E-state index contributed by atoms with van der Waals surface area (Å²) in [5, 5.41) is 3.40. The molecular weight excluding hydrogens is 296 g/mol. The molecule has 0 saturated carbocycles. The Hall–Kier alpha value is -2.43. The number of piperazine rings is 1. The van der Waals surface area contributed by atoms with Gasteiger partial charge in [-0.15, -0.1) is 0 Å². The van der Waals surface area contributed by atoms with Gasteiger partial charge in [-0.25, -0.2) is 4.98 Å². The molecule has 3 aromatic rings. The molecule has 0 atom stereocenters. The normalized spacial score (nSPS) is 15.5. The highest BCUT2D eigenvalue weighted by Gasteiger charge is 2.09. The summed E-state index contributed by atoms with van der Waals surface area (Å²) in [6.07, 6.45) is 3.63. The molecule has 1 fully saturated rings. The monoisotopic (exact) mass is 318 g/mol. The fourth-order valence-electron chi connectivity index (χ4n) is 3.17. The number of nitrogens with one attached hydrogen (secondary N) is 2. The number of imidazole rings is 1. The molecule has 4 rings (SSSR count). The summed E-state index contributed by atoms with van der Waals surface area (Å²) < 4.78 is 0. The van der Waals surface area contributed by atoms with Crippen LogP contribution in [0.3, 0.4) is 0 Å². The molecule has 4 heteroatoms. The van der Waals surface area contributed by atoms with E-state index in [4.69, 9.17) is 0 Å². The van der Waals surface area contributed by atoms with Crippen LogP contribution in [-0.2, 0) is 6.54 Å². The Morgan fingerprint density at radius 3 is 2.08 bits per heavy atom. The Kier molecular flexibility index (Phi) is 4.40. The average molecular weight is 318 g/mol. The van der Waals surface area contributed by atoms with Crippen molar-refractivity contribution in [1.82, 2.24) is 20.2 Å². The van der Waals surface area contributed by atoms with Crippen LogP contribution in [0.15, 0.2) is 60.9 Å².